The summed E-state index contributed by atoms with van der Waals surface area (Å²) in [5.41, 5.74) is 3.02. The summed E-state index contributed by atoms with van der Waals surface area (Å²) >= 11 is 0. The molecule has 4 aromatic rings. The number of urea groups is 1. The third-order valence-electron chi connectivity index (χ3n) is 6.91. The number of carbonyl (C=O) groups excluding carboxylic acids is 1. The first-order chi connectivity index (χ1) is 15.9. The molecule has 1 aliphatic carbocycles. The first-order valence-electron chi connectivity index (χ1n) is 11.3. The van der Waals surface area contributed by atoms with E-state index in [1.54, 1.807) is 17.6 Å². The standard InChI is InChI=1S/C24H25N7O2/c1-14-9-19-12-24(11-14,22-26-16(3)29-33-22)31(19)23(32)27-17-7-6-15(2)20(10-17)21-25-13-18-5-4-8-30(18)28-21/h4-8,10,13-14,19H,9,11-12H2,1-3H3,(H,27,32)/t14-,19?,24?/m1/s1. The molecule has 2 aliphatic rings. The lowest BCUT2D eigenvalue weighted by Gasteiger charge is -2.61. The van der Waals surface area contributed by atoms with E-state index in [-0.39, 0.29) is 12.1 Å². The summed E-state index contributed by atoms with van der Waals surface area (Å²) in [7, 11) is 0. The van der Waals surface area contributed by atoms with Gasteiger partial charge >= 0.3 is 6.03 Å². The molecule has 4 heterocycles. The van der Waals surface area contributed by atoms with Crippen molar-refractivity contribution >= 4 is 17.2 Å². The number of amides is 2. The number of rotatable bonds is 3. The highest BCUT2D eigenvalue weighted by molar-refractivity contribution is 5.92. The van der Waals surface area contributed by atoms with Crippen molar-refractivity contribution in [2.24, 2.45) is 5.92 Å². The first kappa shape index (κ1) is 19.9. The van der Waals surface area contributed by atoms with Crippen LogP contribution < -0.4 is 5.32 Å². The van der Waals surface area contributed by atoms with Gasteiger partial charge in [-0.25, -0.2) is 14.3 Å². The van der Waals surface area contributed by atoms with Crippen LogP contribution in [0.3, 0.4) is 0 Å². The van der Waals surface area contributed by atoms with Gasteiger partial charge in [0.15, 0.2) is 11.6 Å². The molecule has 1 aromatic carbocycles. The molecule has 168 valence electrons. The van der Waals surface area contributed by atoms with E-state index in [0.717, 1.165) is 35.9 Å². The Morgan fingerprint density at radius 2 is 2.12 bits per heavy atom. The summed E-state index contributed by atoms with van der Waals surface area (Å²) in [6, 6.07) is 9.73. The lowest BCUT2D eigenvalue weighted by atomic mass is 9.64. The fraction of sp³-hybridized carbons (Fsp3) is 0.375. The summed E-state index contributed by atoms with van der Waals surface area (Å²) in [5, 5.41) is 11.7. The smallest absolute Gasteiger partial charge is 0.323 e. The van der Waals surface area contributed by atoms with Gasteiger partial charge in [-0.2, -0.15) is 4.98 Å². The topological polar surface area (TPSA) is 101 Å². The zero-order valence-electron chi connectivity index (χ0n) is 18.8. The van der Waals surface area contributed by atoms with Gasteiger partial charge < -0.3 is 14.7 Å². The second-order valence-corrected chi connectivity index (χ2v) is 9.37. The molecular weight excluding hydrogens is 418 g/mol. The molecule has 6 rings (SSSR count). The minimum atomic E-state index is -0.524. The van der Waals surface area contributed by atoms with Crippen LogP contribution in [0.5, 0.6) is 0 Å². The lowest BCUT2D eigenvalue weighted by molar-refractivity contribution is -0.111. The van der Waals surface area contributed by atoms with Gasteiger partial charge in [0.2, 0.25) is 0 Å². The molecule has 2 unspecified atom stereocenters. The number of hydrogen-bond donors (Lipinski definition) is 1. The fourth-order valence-corrected chi connectivity index (χ4v) is 5.52. The van der Waals surface area contributed by atoms with Crippen LogP contribution >= 0.6 is 0 Å². The third-order valence-corrected chi connectivity index (χ3v) is 6.91. The summed E-state index contributed by atoms with van der Waals surface area (Å²) in [4.78, 5) is 24.4. The minimum absolute atomic E-state index is 0.148. The van der Waals surface area contributed by atoms with Crippen LogP contribution in [-0.2, 0) is 5.54 Å². The number of anilines is 1. The quantitative estimate of drug-likeness (QED) is 0.506. The van der Waals surface area contributed by atoms with Crippen molar-refractivity contribution < 1.29 is 9.32 Å². The predicted molar refractivity (Wildman–Crippen MR) is 122 cm³/mol. The van der Waals surface area contributed by atoms with E-state index < -0.39 is 5.54 Å². The highest BCUT2D eigenvalue weighted by Crippen LogP contribution is 2.55. The van der Waals surface area contributed by atoms with Crippen molar-refractivity contribution in [2.45, 2.75) is 51.6 Å². The number of carbonyl (C=O) groups is 1. The van der Waals surface area contributed by atoms with Crippen LogP contribution in [0.1, 0.15) is 43.5 Å². The second-order valence-electron chi connectivity index (χ2n) is 9.37. The number of benzene rings is 1. The Kier molecular flexibility index (Phi) is 4.30. The summed E-state index contributed by atoms with van der Waals surface area (Å²) in [5.74, 6) is 2.23. The Morgan fingerprint density at radius 1 is 1.24 bits per heavy atom. The van der Waals surface area contributed by atoms with Gasteiger partial charge in [-0.3, -0.25) is 0 Å². The highest BCUT2D eigenvalue weighted by atomic mass is 16.5. The Labute approximate surface area is 190 Å². The van der Waals surface area contributed by atoms with E-state index in [2.05, 4.69) is 32.5 Å². The van der Waals surface area contributed by atoms with Gasteiger partial charge in [0.25, 0.3) is 5.89 Å². The number of aryl methyl sites for hydroxylation is 2. The van der Waals surface area contributed by atoms with Crippen molar-refractivity contribution in [1.29, 1.82) is 0 Å². The number of nitrogens with zero attached hydrogens (tertiary/aromatic N) is 6. The average Bonchev–Trinajstić information content (AvgIpc) is 3.43. The minimum Gasteiger partial charge on any atom is -0.337 e. The number of fused-ring (bicyclic) bond motifs is 3. The molecule has 1 saturated heterocycles. The van der Waals surface area contributed by atoms with Gasteiger partial charge in [0, 0.05) is 29.9 Å². The number of aromatic nitrogens is 5. The predicted octanol–water partition coefficient (Wildman–Crippen LogP) is 4.33. The maximum Gasteiger partial charge on any atom is 0.323 e. The van der Waals surface area contributed by atoms with E-state index in [0.29, 0.717) is 29.1 Å². The molecule has 1 aliphatic heterocycles. The van der Waals surface area contributed by atoms with E-state index in [1.165, 1.54) is 0 Å². The van der Waals surface area contributed by atoms with Gasteiger partial charge in [0.1, 0.15) is 5.54 Å². The molecule has 1 saturated carbocycles. The molecule has 9 nitrogen and oxygen atoms in total. The number of likely N-dealkylation sites (tertiary alicyclic amines) is 1. The Bertz CT molecular complexity index is 1380. The van der Waals surface area contributed by atoms with Gasteiger partial charge in [-0.05, 0) is 62.4 Å². The van der Waals surface area contributed by atoms with Crippen molar-refractivity contribution in [3.8, 4) is 11.4 Å². The molecule has 0 radical (unpaired) electrons. The molecule has 2 bridgehead atoms. The fourth-order valence-electron chi connectivity index (χ4n) is 5.52. The normalized spacial score (nSPS) is 24.0. The van der Waals surface area contributed by atoms with Crippen molar-refractivity contribution in [1.82, 2.24) is 29.6 Å². The molecule has 9 heteroatoms. The maximum absolute atomic E-state index is 13.5. The van der Waals surface area contributed by atoms with Crippen LogP contribution in [-0.4, -0.2) is 41.7 Å². The molecule has 3 aromatic heterocycles. The summed E-state index contributed by atoms with van der Waals surface area (Å²) in [6.07, 6.45) is 6.35. The molecule has 33 heavy (non-hydrogen) atoms. The molecule has 2 amide bonds. The number of piperidine rings is 1. The molecule has 2 fully saturated rings. The number of hydrogen-bond acceptors (Lipinski definition) is 6. The monoisotopic (exact) mass is 443 g/mol. The summed E-state index contributed by atoms with van der Waals surface area (Å²) < 4.78 is 7.34. The van der Waals surface area contributed by atoms with E-state index in [9.17, 15) is 4.79 Å². The van der Waals surface area contributed by atoms with E-state index in [1.807, 2.05) is 48.4 Å². The largest absolute Gasteiger partial charge is 0.337 e. The SMILES string of the molecule is Cc1noc(C23CC(C[C@@H](C)C2)N3C(=O)Nc2ccc(C)c(-c3ncc4cccn4n3)c2)n1. The van der Waals surface area contributed by atoms with Crippen LogP contribution in [0.25, 0.3) is 16.9 Å². The number of nitrogens with one attached hydrogen (secondary N) is 1. The van der Waals surface area contributed by atoms with Crippen molar-refractivity contribution in [3.63, 3.8) is 0 Å². The zero-order valence-corrected chi connectivity index (χ0v) is 18.8. The van der Waals surface area contributed by atoms with Crippen molar-refractivity contribution in [3.05, 3.63) is 60.0 Å². The third kappa shape index (κ3) is 3.10. The lowest BCUT2D eigenvalue weighted by Crippen LogP contribution is -2.70. The molecule has 3 atom stereocenters. The molecular formula is C24H25N7O2. The summed E-state index contributed by atoms with van der Waals surface area (Å²) in [6.45, 7) is 6.03. The maximum atomic E-state index is 13.5. The van der Waals surface area contributed by atoms with Crippen LogP contribution in [0.2, 0.25) is 0 Å². The second kappa shape index (κ2) is 7.13. The van der Waals surface area contributed by atoms with E-state index in [4.69, 9.17) is 4.52 Å². The zero-order chi connectivity index (χ0) is 22.7. The van der Waals surface area contributed by atoms with Crippen LogP contribution in [0, 0.1) is 19.8 Å². The average molecular weight is 444 g/mol. The Hall–Kier alpha value is -3.75. The Balaban J connectivity index is 1.30. The van der Waals surface area contributed by atoms with Crippen LogP contribution in [0.15, 0.2) is 47.2 Å². The highest BCUT2D eigenvalue weighted by Gasteiger charge is 2.62. The van der Waals surface area contributed by atoms with Crippen molar-refractivity contribution in [2.75, 3.05) is 5.32 Å². The van der Waals surface area contributed by atoms with Gasteiger partial charge in [-0.15, -0.1) is 5.10 Å². The van der Waals surface area contributed by atoms with E-state index >= 15 is 0 Å². The Morgan fingerprint density at radius 3 is 2.94 bits per heavy atom. The van der Waals surface area contributed by atoms with Gasteiger partial charge in [-0.1, -0.05) is 18.1 Å². The van der Waals surface area contributed by atoms with Crippen LogP contribution in [0.4, 0.5) is 10.5 Å². The van der Waals surface area contributed by atoms with Gasteiger partial charge in [0.05, 0.1) is 11.7 Å². The molecule has 0 spiro atoms. The molecule has 1 N–H and O–H groups in total. The first-order valence-corrected chi connectivity index (χ1v) is 11.3.